The lowest BCUT2D eigenvalue weighted by atomic mass is 10.3. The van der Waals surface area contributed by atoms with Crippen molar-refractivity contribution in [1.29, 1.82) is 0 Å². The van der Waals surface area contributed by atoms with Crippen LogP contribution in [-0.4, -0.2) is 34.5 Å². The van der Waals surface area contributed by atoms with Gasteiger partial charge in [0, 0.05) is 18.7 Å². The highest BCUT2D eigenvalue weighted by Crippen LogP contribution is 2.16. The zero-order chi connectivity index (χ0) is 20.6. The summed E-state index contributed by atoms with van der Waals surface area (Å²) in [6.07, 6.45) is 2.81. The van der Waals surface area contributed by atoms with E-state index >= 15 is 0 Å². The number of ether oxygens (including phenoxy) is 1. The molecular weight excluding hydrogens is 376 g/mol. The topological polar surface area (TPSA) is 115 Å². The molecule has 29 heavy (non-hydrogen) atoms. The predicted octanol–water partition coefficient (Wildman–Crippen LogP) is 1.66. The zero-order valence-corrected chi connectivity index (χ0v) is 15.8. The molecule has 0 bridgehead atoms. The second-order valence-corrected chi connectivity index (χ2v) is 6.12. The molecule has 9 nitrogen and oxygen atoms in total. The van der Waals surface area contributed by atoms with Crippen molar-refractivity contribution in [1.82, 2.24) is 14.9 Å². The number of rotatable bonds is 8. The van der Waals surface area contributed by atoms with Crippen LogP contribution in [0.4, 0.5) is 5.69 Å². The van der Waals surface area contributed by atoms with Crippen LogP contribution in [0.25, 0.3) is 11.5 Å². The maximum absolute atomic E-state index is 12.2. The van der Waals surface area contributed by atoms with Crippen LogP contribution in [0.5, 0.6) is 5.75 Å². The minimum atomic E-state index is -0.362. The first-order valence-corrected chi connectivity index (χ1v) is 8.89. The predicted molar refractivity (Wildman–Crippen MR) is 105 cm³/mol. The van der Waals surface area contributed by atoms with Gasteiger partial charge in [-0.05, 0) is 36.4 Å². The number of benzene rings is 1. The van der Waals surface area contributed by atoms with E-state index in [4.69, 9.17) is 9.15 Å². The van der Waals surface area contributed by atoms with Gasteiger partial charge in [0.25, 0.3) is 5.56 Å². The molecule has 2 heterocycles. The molecule has 2 aromatic heterocycles. The van der Waals surface area contributed by atoms with Crippen LogP contribution in [0.1, 0.15) is 6.92 Å². The van der Waals surface area contributed by atoms with E-state index < -0.39 is 0 Å². The fourth-order valence-electron chi connectivity index (χ4n) is 2.49. The van der Waals surface area contributed by atoms with Crippen molar-refractivity contribution in [3.8, 4) is 17.2 Å². The molecule has 0 spiro atoms. The van der Waals surface area contributed by atoms with Crippen molar-refractivity contribution in [2.45, 2.75) is 13.5 Å². The third-order valence-electron chi connectivity index (χ3n) is 3.85. The van der Waals surface area contributed by atoms with E-state index in [1.165, 1.54) is 30.1 Å². The van der Waals surface area contributed by atoms with E-state index in [2.05, 4.69) is 15.6 Å². The van der Waals surface area contributed by atoms with Gasteiger partial charge < -0.3 is 19.8 Å². The maximum Gasteiger partial charge on any atom is 0.254 e. The third-order valence-corrected chi connectivity index (χ3v) is 3.85. The molecule has 0 unspecified atom stereocenters. The Morgan fingerprint density at radius 1 is 1.21 bits per heavy atom. The Labute approximate surface area is 166 Å². The molecule has 3 rings (SSSR count). The van der Waals surface area contributed by atoms with Gasteiger partial charge in [-0.25, -0.2) is 4.98 Å². The van der Waals surface area contributed by atoms with Crippen molar-refractivity contribution in [3.63, 3.8) is 0 Å². The van der Waals surface area contributed by atoms with Crippen LogP contribution in [0.2, 0.25) is 0 Å². The van der Waals surface area contributed by atoms with E-state index in [0.29, 0.717) is 36.0 Å². The monoisotopic (exact) mass is 396 g/mol. The van der Waals surface area contributed by atoms with Crippen molar-refractivity contribution in [3.05, 3.63) is 65.4 Å². The molecular formula is C20H20N4O5. The average Bonchev–Trinajstić information content (AvgIpc) is 3.23. The largest absolute Gasteiger partial charge is 0.492 e. The molecule has 0 fully saturated rings. The molecule has 3 aromatic rings. The first-order valence-electron chi connectivity index (χ1n) is 8.89. The molecule has 0 saturated heterocycles. The second-order valence-electron chi connectivity index (χ2n) is 6.12. The van der Waals surface area contributed by atoms with Crippen LogP contribution in [0, 0.1) is 0 Å². The summed E-state index contributed by atoms with van der Waals surface area (Å²) >= 11 is 0. The van der Waals surface area contributed by atoms with Gasteiger partial charge in [0.1, 0.15) is 24.6 Å². The first-order chi connectivity index (χ1) is 14.0. The van der Waals surface area contributed by atoms with Crippen LogP contribution in [0.3, 0.4) is 0 Å². The fourth-order valence-corrected chi connectivity index (χ4v) is 2.49. The molecule has 0 aliphatic rings. The van der Waals surface area contributed by atoms with Gasteiger partial charge in [-0.1, -0.05) is 0 Å². The summed E-state index contributed by atoms with van der Waals surface area (Å²) in [6.45, 7) is 2.03. The normalized spacial score (nSPS) is 10.4. The summed E-state index contributed by atoms with van der Waals surface area (Å²) in [5.74, 6) is 0.621. The Kier molecular flexibility index (Phi) is 6.41. The van der Waals surface area contributed by atoms with Crippen LogP contribution in [0.15, 0.2) is 64.3 Å². The lowest BCUT2D eigenvalue weighted by Gasteiger charge is -2.09. The molecule has 0 aliphatic carbocycles. The zero-order valence-electron chi connectivity index (χ0n) is 15.8. The Balaban J connectivity index is 1.53. The molecule has 0 aliphatic heterocycles. The molecule has 9 heteroatoms. The molecule has 0 saturated carbocycles. The van der Waals surface area contributed by atoms with Crippen molar-refractivity contribution in [2.75, 3.05) is 18.5 Å². The van der Waals surface area contributed by atoms with E-state index in [0.717, 1.165) is 0 Å². The van der Waals surface area contributed by atoms with Crippen molar-refractivity contribution in [2.24, 2.45) is 0 Å². The molecule has 150 valence electrons. The van der Waals surface area contributed by atoms with Crippen LogP contribution in [-0.2, 0) is 16.1 Å². The highest BCUT2D eigenvalue weighted by Gasteiger charge is 2.09. The molecule has 0 radical (unpaired) electrons. The summed E-state index contributed by atoms with van der Waals surface area (Å²) in [6, 6.07) is 11.5. The van der Waals surface area contributed by atoms with Gasteiger partial charge in [-0.2, -0.15) is 0 Å². The quantitative estimate of drug-likeness (QED) is 0.560. The standard InChI is InChI=1S/C20H20N4O5/c1-14(25)21-8-10-28-16-6-4-15(5-7-16)23-19(26)12-24-13-22-17(11-20(24)27)18-3-2-9-29-18/h2-7,9,11,13H,8,10,12H2,1H3,(H,21,25)(H,23,26). The number of anilines is 1. The molecule has 2 amide bonds. The van der Waals surface area contributed by atoms with Gasteiger partial charge in [-0.3, -0.25) is 19.0 Å². The maximum atomic E-state index is 12.2. The lowest BCUT2D eigenvalue weighted by Crippen LogP contribution is -2.27. The summed E-state index contributed by atoms with van der Waals surface area (Å²) in [4.78, 5) is 39.3. The Morgan fingerprint density at radius 3 is 2.66 bits per heavy atom. The Hall–Kier alpha value is -3.88. The van der Waals surface area contributed by atoms with Gasteiger partial charge in [-0.15, -0.1) is 0 Å². The summed E-state index contributed by atoms with van der Waals surface area (Å²) in [5.41, 5.74) is 0.618. The Morgan fingerprint density at radius 2 is 2.00 bits per heavy atom. The SMILES string of the molecule is CC(=O)NCCOc1ccc(NC(=O)Cn2cnc(-c3ccco3)cc2=O)cc1. The van der Waals surface area contributed by atoms with Gasteiger partial charge in [0.2, 0.25) is 11.8 Å². The number of furan rings is 1. The minimum absolute atomic E-state index is 0.114. The highest BCUT2D eigenvalue weighted by molar-refractivity contribution is 5.90. The average molecular weight is 396 g/mol. The van der Waals surface area contributed by atoms with E-state index in [9.17, 15) is 14.4 Å². The number of nitrogens with one attached hydrogen (secondary N) is 2. The first kappa shape index (κ1) is 19.9. The summed E-state index contributed by atoms with van der Waals surface area (Å²) < 4.78 is 11.9. The fraction of sp³-hybridized carbons (Fsp3) is 0.200. The second kappa shape index (κ2) is 9.36. The van der Waals surface area contributed by atoms with E-state index in [1.54, 1.807) is 36.4 Å². The van der Waals surface area contributed by atoms with Gasteiger partial charge in [0.05, 0.1) is 19.1 Å². The van der Waals surface area contributed by atoms with Gasteiger partial charge >= 0.3 is 0 Å². The van der Waals surface area contributed by atoms with E-state index in [-0.39, 0.29) is 23.9 Å². The Bertz CT molecular complexity index is 1030. The molecule has 2 N–H and O–H groups in total. The van der Waals surface area contributed by atoms with Gasteiger partial charge in [0.15, 0.2) is 5.76 Å². The number of carbonyl (C=O) groups is 2. The van der Waals surface area contributed by atoms with Crippen molar-refractivity contribution < 1.29 is 18.7 Å². The van der Waals surface area contributed by atoms with Crippen molar-refractivity contribution >= 4 is 17.5 Å². The number of aromatic nitrogens is 2. The highest BCUT2D eigenvalue weighted by atomic mass is 16.5. The number of hydrogen-bond acceptors (Lipinski definition) is 6. The number of amides is 2. The number of nitrogens with zero attached hydrogens (tertiary/aromatic N) is 2. The molecule has 1 aromatic carbocycles. The van der Waals surface area contributed by atoms with Crippen LogP contribution < -0.4 is 20.9 Å². The smallest absolute Gasteiger partial charge is 0.254 e. The number of carbonyl (C=O) groups excluding carboxylic acids is 2. The summed E-state index contributed by atoms with van der Waals surface area (Å²) in [5, 5.41) is 5.34. The lowest BCUT2D eigenvalue weighted by molar-refractivity contribution is -0.119. The summed E-state index contributed by atoms with van der Waals surface area (Å²) in [7, 11) is 0. The number of hydrogen-bond donors (Lipinski definition) is 2. The van der Waals surface area contributed by atoms with E-state index in [1.807, 2.05) is 0 Å². The van der Waals surface area contributed by atoms with Crippen LogP contribution >= 0.6 is 0 Å². The molecule has 0 atom stereocenters. The third kappa shape index (κ3) is 5.80. The minimum Gasteiger partial charge on any atom is -0.492 e.